The molecule has 1 atom stereocenters. The largest absolute Gasteiger partial charge is 0.461 e. The zero-order chi connectivity index (χ0) is 15.6. The summed E-state index contributed by atoms with van der Waals surface area (Å²) in [5.74, 6) is 1.67. The van der Waals surface area contributed by atoms with Crippen LogP contribution < -0.4 is 0 Å². The van der Waals surface area contributed by atoms with Crippen LogP contribution in [0.3, 0.4) is 0 Å². The van der Waals surface area contributed by atoms with E-state index in [1.165, 1.54) is 5.69 Å². The minimum atomic E-state index is 0.183. The second kappa shape index (κ2) is 6.02. The number of aryl methyl sites for hydroxylation is 1. The molecule has 0 bridgehead atoms. The third-order valence-electron chi connectivity index (χ3n) is 4.11. The molecule has 3 aromatic heterocycles. The minimum Gasteiger partial charge on any atom is -0.461 e. The fraction of sp³-hybridized carbons (Fsp3) is 0.375. The Bertz CT molecular complexity index is 762. The van der Waals surface area contributed by atoms with Gasteiger partial charge in [-0.3, -0.25) is 4.90 Å². The van der Waals surface area contributed by atoms with Crippen LogP contribution in [0.5, 0.6) is 0 Å². The molecule has 3 aromatic rings. The smallest absolute Gasteiger partial charge is 0.241 e. The third kappa shape index (κ3) is 2.80. The molecule has 0 saturated carbocycles. The zero-order valence-electron chi connectivity index (χ0n) is 12.9. The highest BCUT2D eigenvalue weighted by molar-refractivity contribution is 5.44. The second-order valence-electron chi connectivity index (χ2n) is 5.59. The van der Waals surface area contributed by atoms with Crippen molar-refractivity contribution in [1.29, 1.82) is 0 Å². The fourth-order valence-electron chi connectivity index (χ4n) is 2.92. The number of rotatable bonds is 4. The molecule has 0 N–H and O–H groups in total. The van der Waals surface area contributed by atoms with Crippen LogP contribution in [0.15, 0.2) is 45.7 Å². The highest BCUT2D eigenvalue weighted by Gasteiger charge is 2.28. The molecule has 1 fully saturated rings. The van der Waals surface area contributed by atoms with E-state index in [9.17, 15) is 0 Å². The summed E-state index contributed by atoms with van der Waals surface area (Å²) in [7, 11) is 2.05. The van der Waals surface area contributed by atoms with Gasteiger partial charge in [0.25, 0.3) is 0 Å². The Hall–Kier alpha value is -2.38. The minimum absolute atomic E-state index is 0.183. The van der Waals surface area contributed by atoms with E-state index in [1.807, 2.05) is 25.4 Å². The molecular weight excluding hydrogens is 296 g/mol. The van der Waals surface area contributed by atoms with Gasteiger partial charge in [0.15, 0.2) is 5.76 Å². The molecule has 1 aliphatic heterocycles. The molecule has 7 heteroatoms. The molecule has 0 amide bonds. The van der Waals surface area contributed by atoms with Gasteiger partial charge in [-0.2, -0.15) is 4.98 Å². The van der Waals surface area contributed by atoms with Gasteiger partial charge >= 0.3 is 0 Å². The normalized spacial score (nSPS) is 19.3. The van der Waals surface area contributed by atoms with Crippen molar-refractivity contribution in [3.05, 3.63) is 48.3 Å². The standard InChI is InChI=1S/C16H18N4O3/c1-19-6-2-4-12(19)13-11-21-9-7-20(13)10-15-17-16(18-23-15)14-5-3-8-22-14/h2-6,8,13H,7,9-11H2,1H3. The Labute approximate surface area is 133 Å². The highest BCUT2D eigenvalue weighted by atomic mass is 16.5. The molecule has 1 unspecified atom stereocenters. The van der Waals surface area contributed by atoms with Gasteiger partial charge in [-0.05, 0) is 24.3 Å². The molecule has 23 heavy (non-hydrogen) atoms. The maximum atomic E-state index is 5.66. The average Bonchev–Trinajstić information content (AvgIpc) is 3.29. The monoisotopic (exact) mass is 314 g/mol. The van der Waals surface area contributed by atoms with Crippen molar-refractivity contribution in [3.63, 3.8) is 0 Å². The van der Waals surface area contributed by atoms with Gasteiger partial charge in [0, 0.05) is 25.5 Å². The Balaban J connectivity index is 1.53. The Morgan fingerprint density at radius 3 is 3.04 bits per heavy atom. The molecule has 0 aliphatic carbocycles. The number of nitrogens with zero attached hydrogens (tertiary/aromatic N) is 4. The lowest BCUT2D eigenvalue weighted by atomic mass is 10.1. The lowest BCUT2D eigenvalue weighted by Gasteiger charge is -2.34. The van der Waals surface area contributed by atoms with E-state index < -0.39 is 0 Å². The summed E-state index contributed by atoms with van der Waals surface area (Å²) in [5.41, 5.74) is 1.22. The van der Waals surface area contributed by atoms with Crippen LogP contribution in [0, 0.1) is 0 Å². The average molecular weight is 314 g/mol. The van der Waals surface area contributed by atoms with Gasteiger partial charge in [-0.25, -0.2) is 0 Å². The molecule has 0 radical (unpaired) electrons. The van der Waals surface area contributed by atoms with E-state index in [1.54, 1.807) is 12.3 Å². The second-order valence-corrected chi connectivity index (χ2v) is 5.59. The summed E-state index contributed by atoms with van der Waals surface area (Å²) in [6.45, 7) is 2.79. The summed E-state index contributed by atoms with van der Waals surface area (Å²) in [6.07, 6.45) is 3.64. The van der Waals surface area contributed by atoms with Crippen molar-refractivity contribution in [2.24, 2.45) is 7.05 Å². The van der Waals surface area contributed by atoms with Crippen LogP contribution >= 0.6 is 0 Å². The van der Waals surface area contributed by atoms with Gasteiger partial charge in [0.05, 0.1) is 32.1 Å². The van der Waals surface area contributed by atoms with Crippen LogP contribution in [-0.4, -0.2) is 39.4 Å². The molecule has 1 saturated heterocycles. The lowest BCUT2D eigenvalue weighted by molar-refractivity contribution is -0.0192. The molecule has 0 aromatic carbocycles. The molecule has 0 spiro atoms. The van der Waals surface area contributed by atoms with Crippen molar-refractivity contribution in [3.8, 4) is 11.6 Å². The summed E-state index contributed by atoms with van der Waals surface area (Å²) in [6, 6.07) is 7.97. The third-order valence-corrected chi connectivity index (χ3v) is 4.11. The SMILES string of the molecule is Cn1cccc1C1COCCN1Cc1nc(-c2ccco2)no1. The molecular formula is C16H18N4O3. The van der Waals surface area contributed by atoms with E-state index in [4.69, 9.17) is 13.7 Å². The van der Waals surface area contributed by atoms with E-state index in [0.717, 1.165) is 6.54 Å². The van der Waals surface area contributed by atoms with E-state index in [-0.39, 0.29) is 6.04 Å². The van der Waals surface area contributed by atoms with Crippen LogP contribution in [-0.2, 0) is 18.3 Å². The lowest BCUT2D eigenvalue weighted by Crippen LogP contribution is -2.39. The van der Waals surface area contributed by atoms with Crippen LogP contribution in [0.4, 0.5) is 0 Å². The first kappa shape index (κ1) is 14.2. The number of ether oxygens (including phenoxy) is 1. The number of morpholine rings is 1. The van der Waals surface area contributed by atoms with Crippen molar-refractivity contribution >= 4 is 0 Å². The van der Waals surface area contributed by atoms with Gasteiger partial charge in [0.1, 0.15) is 0 Å². The predicted molar refractivity (Wildman–Crippen MR) is 81.4 cm³/mol. The quantitative estimate of drug-likeness (QED) is 0.735. The summed E-state index contributed by atoms with van der Waals surface area (Å²) >= 11 is 0. The van der Waals surface area contributed by atoms with Crippen molar-refractivity contribution in [2.45, 2.75) is 12.6 Å². The summed E-state index contributed by atoms with van der Waals surface area (Å²) in [4.78, 5) is 6.73. The van der Waals surface area contributed by atoms with Gasteiger partial charge in [-0.1, -0.05) is 5.16 Å². The Morgan fingerprint density at radius 2 is 2.26 bits per heavy atom. The molecule has 4 rings (SSSR count). The van der Waals surface area contributed by atoms with Crippen molar-refractivity contribution in [1.82, 2.24) is 19.6 Å². The molecule has 4 heterocycles. The fourth-order valence-corrected chi connectivity index (χ4v) is 2.92. The van der Waals surface area contributed by atoms with Crippen molar-refractivity contribution in [2.75, 3.05) is 19.8 Å². The van der Waals surface area contributed by atoms with E-state index in [0.29, 0.717) is 37.2 Å². The van der Waals surface area contributed by atoms with Crippen LogP contribution in [0.25, 0.3) is 11.6 Å². The van der Waals surface area contributed by atoms with Gasteiger partial charge in [0.2, 0.25) is 11.7 Å². The zero-order valence-corrected chi connectivity index (χ0v) is 12.9. The first-order valence-electron chi connectivity index (χ1n) is 7.61. The Morgan fingerprint density at radius 1 is 1.30 bits per heavy atom. The van der Waals surface area contributed by atoms with Gasteiger partial charge in [-0.15, -0.1) is 0 Å². The van der Waals surface area contributed by atoms with E-state index in [2.05, 4.69) is 25.7 Å². The van der Waals surface area contributed by atoms with Crippen molar-refractivity contribution < 1.29 is 13.7 Å². The number of hydrogen-bond acceptors (Lipinski definition) is 6. The molecule has 120 valence electrons. The highest BCUT2D eigenvalue weighted by Crippen LogP contribution is 2.26. The predicted octanol–water partition coefficient (Wildman–Crippen LogP) is 2.24. The number of aromatic nitrogens is 3. The first-order chi connectivity index (χ1) is 11.3. The first-order valence-corrected chi connectivity index (χ1v) is 7.61. The topological polar surface area (TPSA) is 69.5 Å². The summed E-state index contributed by atoms with van der Waals surface area (Å²) < 4.78 is 18.4. The maximum Gasteiger partial charge on any atom is 0.241 e. The molecule has 1 aliphatic rings. The maximum absolute atomic E-state index is 5.66. The van der Waals surface area contributed by atoms with Crippen LogP contribution in [0.1, 0.15) is 17.6 Å². The molecule has 7 nitrogen and oxygen atoms in total. The van der Waals surface area contributed by atoms with Gasteiger partial charge < -0.3 is 18.2 Å². The van der Waals surface area contributed by atoms with E-state index >= 15 is 0 Å². The number of furan rings is 1. The van der Waals surface area contributed by atoms with Crippen LogP contribution in [0.2, 0.25) is 0 Å². The number of hydrogen-bond donors (Lipinski definition) is 0. The Kier molecular flexibility index (Phi) is 3.72. The summed E-state index contributed by atoms with van der Waals surface area (Å²) in [5, 5.41) is 3.99.